The van der Waals surface area contributed by atoms with Crippen molar-refractivity contribution in [2.75, 3.05) is 18.2 Å². The molecule has 1 unspecified atom stereocenters. The lowest BCUT2D eigenvalue weighted by Gasteiger charge is -2.16. The first kappa shape index (κ1) is 18.0. The Morgan fingerprint density at radius 3 is 2.37 bits per heavy atom. The van der Waals surface area contributed by atoms with Gasteiger partial charge < -0.3 is 11.1 Å². The second-order valence-corrected chi connectivity index (χ2v) is 3.76. The summed E-state index contributed by atoms with van der Waals surface area (Å²) >= 11 is 4.64. The van der Waals surface area contributed by atoms with Crippen LogP contribution in [0, 0.1) is 0 Å². The minimum Gasteiger partial charge on any atom is -0.367 e. The number of nitrogens with zero attached hydrogens (tertiary/aromatic N) is 1. The van der Waals surface area contributed by atoms with Crippen LogP contribution in [-0.4, -0.2) is 24.0 Å². The van der Waals surface area contributed by atoms with Gasteiger partial charge in [0.1, 0.15) is 5.82 Å². The number of hydrogen-bond acceptors (Lipinski definition) is 3. The Morgan fingerprint density at radius 1 is 1.37 bits per heavy atom. The number of anilines is 1. The summed E-state index contributed by atoms with van der Waals surface area (Å²) in [5.74, 6) is 0.443. The van der Waals surface area contributed by atoms with Crippen molar-refractivity contribution in [1.29, 1.82) is 0 Å². The Bertz CT molecular complexity index is 341. The van der Waals surface area contributed by atoms with Crippen molar-refractivity contribution >= 4 is 17.4 Å². The Kier molecular flexibility index (Phi) is 8.51. The van der Waals surface area contributed by atoms with Crippen LogP contribution in [0.3, 0.4) is 0 Å². The lowest BCUT2D eigenvalue weighted by molar-refractivity contribution is -0.137. The van der Waals surface area contributed by atoms with Crippen LogP contribution in [0.1, 0.15) is 25.3 Å². The largest absolute Gasteiger partial charge is 0.417 e. The number of hydrogen-bond donors (Lipinski definition) is 2. The summed E-state index contributed by atoms with van der Waals surface area (Å²) < 4.78 is 36.9. The predicted octanol–water partition coefficient (Wildman–Crippen LogP) is 3.49. The zero-order chi connectivity index (χ0) is 14.9. The van der Waals surface area contributed by atoms with Crippen LogP contribution in [0.25, 0.3) is 0 Å². The molecular weight excluding hydrogens is 279 g/mol. The summed E-state index contributed by atoms with van der Waals surface area (Å²) in [5.41, 5.74) is 4.69. The van der Waals surface area contributed by atoms with Crippen molar-refractivity contribution in [1.82, 2.24) is 4.98 Å². The number of rotatable bonds is 5. The van der Waals surface area contributed by atoms with Gasteiger partial charge in [-0.05, 0) is 31.5 Å². The second kappa shape index (κ2) is 8.98. The second-order valence-electron chi connectivity index (χ2n) is 3.76. The average molecular weight is 298 g/mol. The van der Waals surface area contributed by atoms with Gasteiger partial charge in [-0.25, -0.2) is 4.98 Å². The van der Waals surface area contributed by atoms with Crippen molar-refractivity contribution in [2.45, 2.75) is 32.0 Å². The number of nitrogens with one attached hydrogen (secondary N) is 1. The van der Waals surface area contributed by atoms with Crippen molar-refractivity contribution in [2.24, 2.45) is 5.73 Å². The first-order valence-electron chi connectivity index (χ1n) is 5.85. The topological polar surface area (TPSA) is 50.9 Å². The third kappa shape index (κ3) is 6.63. The maximum atomic E-state index is 12.3. The molecule has 0 aliphatic carbocycles. The SMILES string of the molecule is CCC(CCN)Nc1ccc(C(F)(F)F)cn1.CCl. The van der Waals surface area contributed by atoms with Crippen LogP contribution in [0.4, 0.5) is 19.0 Å². The minimum absolute atomic E-state index is 0.143. The van der Waals surface area contributed by atoms with E-state index in [2.05, 4.69) is 21.9 Å². The summed E-state index contributed by atoms with van der Waals surface area (Å²) in [7, 11) is 0. The molecule has 0 aliphatic rings. The van der Waals surface area contributed by atoms with E-state index in [0.29, 0.717) is 12.4 Å². The van der Waals surface area contributed by atoms with E-state index in [0.717, 1.165) is 25.1 Å². The molecule has 0 amide bonds. The summed E-state index contributed by atoms with van der Waals surface area (Å²) in [6.07, 6.45) is -0.427. The zero-order valence-electron chi connectivity index (χ0n) is 11.0. The summed E-state index contributed by atoms with van der Waals surface area (Å²) in [6, 6.07) is 2.50. The first-order chi connectivity index (χ1) is 8.97. The number of alkyl halides is 4. The maximum Gasteiger partial charge on any atom is 0.417 e. The van der Waals surface area contributed by atoms with E-state index in [1.54, 1.807) is 0 Å². The van der Waals surface area contributed by atoms with Crippen LogP contribution < -0.4 is 11.1 Å². The summed E-state index contributed by atoms with van der Waals surface area (Å²) in [6.45, 7) is 2.52. The van der Waals surface area contributed by atoms with E-state index in [-0.39, 0.29) is 6.04 Å². The van der Waals surface area contributed by atoms with E-state index in [1.807, 2.05) is 6.92 Å². The zero-order valence-corrected chi connectivity index (χ0v) is 11.7. The van der Waals surface area contributed by atoms with Gasteiger partial charge in [-0.3, -0.25) is 0 Å². The molecule has 19 heavy (non-hydrogen) atoms. The van der Waals surface area contributed by atoms with E-state index >= 15 is 0 Å². The molecular formula is C12H19ClF3N3. The van der Waals surface area contributed by atoms with Gasteiger partial charge in [-0.2, -0.15) is 13.2 Å². The fraction of sp³-hybridized carbons (Fsp3) is 0.583. The van der Waals surface area contributed by atoms with E-state index < -0.39 is 11.7 Å². The lowest BCUT2D eigenvalue weighted by atomic mass is 10.1. The van der Waals surface area contributed by atoms with Crippen molar-refractivity contribution in [3.8, 4) is 0 Å². The van der Waals surface area contributed by atoms with E-state index in [4.69, 9.17) is 5.73 Å². The first-order valence-corrected chi connectivity index (χ1v) is 6.60. The lowest BCUT2D eigenvalue weighted by Crippen LogP contribution is -2.22. The molecule has 0 spiro atoms. The Balaban J connectivity index is 0.00000154. The number of aromatic nitrogens is 1. The smallest absolute Gasteiger partial charge is 0.367 e. The van der Waals surface area contributed by atoms with Crippen molar-refractivity contribution in [3.63, 3.8) is 0 Å². The van der Waals surface area contributed by atoms with Gasteiger partial charge in [0.05, 0.1) is 5.56 Å². The minimum atomic E-state index is -4.34. The number of nitrogens with two attached hydrogens (primary N) is 1. The van der Waals surface area contributed by atoms with Crippen LogP contribution in [0.15, 0.2) is 18.3 Å². The quantitative estimate of drug-likeness (QED) is 0.818. The maximum absolute atomic E-state index is 12.3. The van der Waals surface area contributed by atoms with E-state index in [1.165, 1.54) is 12.4 Å². The molecule has 1 heterocycles. The highest BCUT2D eigenvalue weighted by molar-refractivity contribution is 6.15. The fourth-order valence-electron chi connectivity index (χ4n) is 1.44. The fourth-order valence-corrected chi connectivity index (χ4v) is 1.44. The molecule has 0 saturated carbocycles. The van der Waals surface area contributed by atoms with Gasteiger partial charge in [0, 0.05) is 18.6 Å². The Hall–Kier alpha value is -1.01. The molecule has 1 aromatic rings. The highest BCUT2D eigenvalue weighted by Crippen LogP contribution is 2.28. The van der Waals surface area contributed by atoms with Gasteiger partial charge >= 0.3 is 6.18 Å². The molecule has 110 valence electrons. The molecule has 0 aromatic carbocycles. The number of pyridine rings is 1. The third-order valence-corrected chi connectivity index (χ3v) is 2.45. The normalized spacial score (nSPS) is 12.4. The Labute approximate surface area is 116 Å². The van der Waals surface area contributed by atoms with Crippen LogP contribution >= 0.6 is 11.6 Å². The summed E-state index contributed by atoms with van der Waals surface area (Å²) in [4.78, 5) is 3.74. The van der Waals surface area contributed by atoms with Crippen molar-refractivity contribution < 1.29 is 13.2 Å². The molecule has 1 atom stereocenters. The standard InChI is InChI=1S/C11H16F3N3.CH3Cl/c1-2-9(5-6-15)17-10-4-3-8(7-16-10)11(12,13)14;1-2/h3-4,7,9H,2,5-6,15H2,1H3,(H,16,17);1H3. The molecule has 0 radical (unpaired) electrons. The van der Waals surface area contributed by atoms with Gasteiger partial charge in [0.15, 0.2) is 0 Å². The molecule has 0 saturated heterocycles. The van der Waals surface area contributed by atoms with Gasteiger partial charge in [0.25, 0.3) is 0 Å². The molecule has 1 rings (SSSR count). The highest BCUT2D eigenvalue weighted by atomic mass is 35.5. The Morgan fingerprint density at radius 2 is 2.00 bits per heavy atom. The monoisotopic (exact) mass is 297 g/mol. The molecule has 3 nitrogen and oxygen atoms in total. The molecule has 0 bridgehead atoms. The molecule has 3 N–H and O–H groups in total. The van der Waals surface area contributed by atoms with Gasteiger partial charge in [-0.15, -0.1) is 11.6 Å². The van der Waals surface area contributed by atoms with Crippen LogP contribution in [0.5, 0.6) is 0 Å². The van der Waals surface area contributed by atoms with Crippen LogP contribution in [-0.2, 0) is 6.18 Å². The molecule has 7 heteroatoms. The average Bonchev–Trinajstić information content (AvgIpc) is 2.40. The van der Waals surface area contributed by atoms with Crippen LogP contribution in [0.2, 0.25) is 0 Å². The van der Waals surface area contributed by atoms with Gasteiger partial charge in [0.2, 0.25) is 0 Å². The van der Waals surface area contributed by atoms with E-state index in [9.17, 15) is 13.2 Å². The molecule has 1 aromatic heterocycles. The highest BCUT2D eigenvalue weighted by Gasteiger charge is 2.30. The summed E-state index contributed by atoms with van der Waals surface area (Å²) in [5, 5.41) is 3.05. The van der Waals surface area contributed by atoms with Gasteiger partial charge in [-0.1, -0.05) is 6.92 Å². The number of halogens is 4. The predicted molar refractivity (Wildman–Crippen MR) is 72.4 cm³/mol. The van der Waals surface area contributed by atoms with Crippen molar-refractivity contribution in [3.05, 3.63) is 23.9 Å². The third-order valence-electron chi connectivity index (χ3n) is 2.45. The molecule has 0 fully saturated rings. The molecule has 0 aliphatic heterocycles.